The number of aliphatic carboxylic acids is 1. The second-order valence-electron chi connectivity index (χ2n) is 5.80. The zero-order valence-corrected chi connectivity index (χ0v) is 9.26. The Hall–Kier alpha value is -0.570. The van der Waals surface area contributed by atoms with Crippen molar-refractivity contribution in [3.8, 4) is 0 Å². The molecule has 1 aliphatic heterocycles. The van der Waals surface area contributed by atoms with Crippen LogP contribution in [0.4, 0.5) is 0 Å². The number of rotatable bonds is 1. The van der Waals surface area contributed by atoms with Crippen molar-refractivity contribution in [1.29, 1.82) is 0 Å². The van der Waals surface area contributed by atoms with E-state index in [1.54, 1.807) is 0 Å². The molecule has 2 rings (SSSR count). The highest BCUT2D eigenvalue weighted by Gasteiger charge is 2.72. The van der Waals surface area contributed by atoms with Crippen molar-refractivity contribution in [2.75, 3.05) is 0 Å². The molecule has 1 saturated carbocycles. The summed E-state index contributed by atoms with van der Waals surface area (Å²) in [6.07, 6.45) is 1.64. The predicted molar refractivity (Wildman–Crippen MR) is 52.0 cm³/mol. The second kappa shape index (κ2) is 2.32. The Morgan fingerprint density at radius 3 is 2.21 bits per heavy atom. The summed E-state index contributed by atoms with van der Waals surface area (Å²) in [7, 11) is 0. The smallest absolute Gasteiger partial charge is 0.307 e. The lowest BCUT2D eigenvalue weighted by Gasteiger charge is -2.27. The van der Waals surface area contributed by atoms with Gasteiger partial charge in [-0.2, -0.15) is 0 Å². The molecule has 1 saturated heterocycles. The molecule has 80 valence electrons. The van der Waals surface area contributed by atoms with E-state index in [2.05, 4.69) is 0 Å². The molecule has 0 amide bonds. The van der Waals surface area contributed by atoms with E-state index in [9.17, 15) is 4.79 Å². The van der Waals surface area contributed by atoms with Crippen LogP contribution < -0.4 is 0 Å². The molecule has 1 heterocycles. The molecule has 3 heteroatoms. The lowest BCUT2D eigenvalue weighted by atomic mass is 9.82. The van der Waals surface area contributed by atoms with Gasteiger partial charge < -0.3 is 9.84 Å². The topological polar surface area (TPSA) is 46.5 Å². The summed E-state index contributed by atoms with van der Waals surface area (Å²) in [4.78, 5) is 11.0. The van der Waals surface area contributed by atoms with E-state index in [1.807, 2.05) is 27.7 Å². The molecule has 2 aliphatic rings. The van der Waals surface area contributed by atoms with Crippen LogP contribution in [0.3, 0.4) is 0 Å². The van der Waals surface area contributed by atoms with Crippen molar-refractivity contribution in [2.45, 2.75) is 51.7 Å². The third-order valence-electron chi connectivity index (χ3n) is 3.85. The van der Waals surface area contributed by atoms with Gasteiger partial charge in [-0.15, -0.1) is 0 Å². The van der Waals surface area contributed by atoms with Crippen LogP contribution in [0.15, 0.2) is 0 Å². The van der Waals surface area contributed by atoms with Crippen LogP contribution in [0.5, 0.6) is 0 Å². The first-order chi connectivity index (χ1) is 6.20. The Balaban J connectivity index is 2.27. The summed E-state index contributed by atoms with van der Waals surface area (Å²) in [5.74, 6) is -0.862. The fraction of sp³-hybridized carbons (Fsp3) is 0.909. The van der Waals surface area contributed by atoms with Crippen LogP contribution in [0.1, 0.15) is 40.5 Å². The Kier molecular flexibility index (Phi) is 1.65. The summed E-state index contributed by atoms with van der Waals surface area (Å²) >= 11 is 0. The highest BCUT2D eigenvalue weighted by atomic mass is 16.5. The van der Waals surface area contributed by atoms with E-state index in [4.69, 9.17) is 9.84 Å². The van der Waals surface area contributed by atoms with Gasteiger partial charge in [-0.25, -0.2) is 0 Å². The molecule has 0 aromatic rings. The molecule has 0 aromatic carbocycles. The molecule has 0 aromatic heterocycles. The molecule has 1 spiro atoms. The first kappa shape index (κ1) is 9.97. The first-order valence-corrected chi connectivity index (χ1v) is 5.13. The maximum Gasteiger partial charge on any atom is 0.307 e. The lowest BCUT2D eigenvalue weighted by molar-refractivity contribution is -0.141. The Morgan fingerprint density at radius 2 is 1.93 bits per heavy atom. The van der Waals surface area contributed by atoms with Gasteiger partial charge in [0, 0.05) is 5.41 Å². The van der Waals surface area contributed by atoms with E-state index >= 15 is 0 Å². The van der Waals surface area contributed by atoms with E-state index in [-0.39, 0.29) is 22.5 Å². The molecule has 2 unspecified atom stereocenters. The van der Waals surface area contributed by atoms with E-state index < -0.39 is 5.97 Å². The summed E-state index contributed by atoms with van der Waals surface area (Å²) < 4.78 is 5.93. The molecule has 0 radical (unpaired) electrons. The van der Waals surface area contributed by atoms with Crippen LogP contribution in [-0.4, -0.2) is 22.3 Å². The maximum absolute atomic E-state index is 11.0. The monoisotopic (exact) mass is 198 g/mol. The fourth-order valence-electron chi connectivity index (χ4n) is 3.29. The molecule has 1 aliphatic carbocycles. The van der Waals surface area contributed by atoms with Crippen molar-refractivity contribution in [3.63, 3.8) is 0 Å². The van der Waals surface area contributed by atoms with Gasteiger partial charge >= 0.3 is 5.97 Å². The van der Waals surface area contributed by atoms with E-state index in [0.717, 1.165) is 12.8 Å². The van der Waals surface area contributed by atoms with Crippen molar-refractivity contribution in [2.24, 2.45) is 11.3 Å². The third kappa shape index (κ3) is 1.11. The largest absolute Gasteiger partial charge is 0.481 e. The number of carboxylic acids is 1. The third-order valence-corrected chi connectivity index (χ3v) is 3.85. The zero-order valence-electron chi connectivity index (χ0n) is 9.26. The highest BCUT2D eigenvalue weighted by molar-refractivity contribution is 5.75. The Morgan fingerprint density at radius 1 is 1.36 bits per heavy atom. The van der Waals surface area contributed by atoms with E-state index in [1.165, 1.54) is 0 Å². The van der Waals surface area contributed by atoms with Gasteiger partial charge in [-0.3, -0.25) is 4.79 Å². The minimum absolute atomic E-state index is 0.109. The number of carbonyl (C=O) groups is 1. The maximum atomic E-state index is 11.0. The average Bonchev–Trinajstić information content (AvgIpc) is 2.55. The predicted octanol–water partition coefficient (Wildman–Crippen LogP) is 2.05. The summed E-state index contributed by atoms with van der Waals surface area (Å²) in [6, 6.07) is 0. The summed E-state index contributed by atoms with van der Waals surface area (Å²) in [6.45, 7) is 8.12. The fourth-order valence-corrected chi connectivity index (χ4v) is 3.29. The number of hydrogen-bond donors (Lipinski definition) is 1. The van der Waals surface area contributed by atoms with Crippen LogP contribution >= 0.6 is 0 Å². The van der Waals surface area contributed by atoms with Crippen molar-refractivity contribution < 1.29 is 14.6 Å². The molecule has 1 N–H and O–H groups in total. The van der Waals surface area contributed by atoms with Gasteiger partial charge in [0.15, 0.2) is 0 Å². The van der Waals surface area contributed by atoms with Gasteiger partial charge in [0.2, 0.25) is 0 Å². The van der Waals surface area contributed by atoms with Gasteiger partial charge in [0.05, 0.1) is 17.1 Å². The quantitative estimate of drug-likeness (QED) is 0.701. The number of carboxylic acid groups (broad SMARTS) is 1. The zero-order chi connectivity index (χ0) is 10.8. The molecular formula is C11H18O3. The SMILES string of the molecule is CC1(C)CC2(CC2C(=O)O)C(C)(C)O1. The lowest BCUT2D eigenvalue weighted by Crippen LogP contribution is -2.32. The highest BCUT2D eigenvalue weighted by Crippen LogP contribution is 2.69. The normalized spacial score (nSPS) is 42.7. The minimum atomic E-state index is -0.667. The van der Waals surface area contributed by atoms with Gasteiger partial charge in [0.1, 0.15) is 0 Å². The number of ether oxygens (including phenoxy) is 1. The molecule has 0 bridgehead atoms. The Labute approximate surface area is 84.4 Å². The average molecular weight is 198 g/mol. The van der Waals surface area contributed by atoms with Crippen molar-refractivity contribution in [1.82, 2.24) is 0 Å². The van der Waals surface area contributed by atoms with Gasteiger partial charge in [-0.1, -0.05) is 0 Å². The summed E-state index contributed by atoms with van der Waals surface area (Å²) in [5, 5.41) is 9.03. The molecule has 14 heavy (non-hydrogen) atoms. The Bertz CT molecular complexity index is 293. The van der Waals surface area contributed by atoms with Crippen molar-refractivity contribution >= 4 is 5.97 Å². The second-order valence-corrected chi connectivity index (χ2v) is 5.80. The molecular weight excluding hydrogens is 180 g/mol. The molecule has 3 nitrogen and oxygen atoms in total. The van der Waals surface area contributed by atoms with Crippen LogP contribution in [0.2, 0.25) is 0 Å². The standard InChI is InChI=1S/C11H18O3/c1-9(2)6-11(10(3,4)14-9)5-7(11)8(12)13/h7H,5-6H2,1-4H3,(H,12,13). The molecule has 2 atom stereocenters. The molecule has 2 fully saturated rings. The summed E-state index contributed by atoms with van der Waals surface area (Å²) in [5.41, 5.74) is -0.574. The first-order valence-electron chi connectivity index (χ1n) is 5.13. The van der Waals surface area contributed by atoms with Crippen LogP contribution in [0.25, 0.3) is 0 Å². The van der Waals surface area contributed by atoms with E-state index in [0.29, 0.717) is 0 Å². The number of hydrogen-bond acceptors (Lipinski definition) is 2. The van der Waals surface area contributed by atoms with Gasteiger partial charge in [0.25, 0.3) is 0 Å². The minimum Gasteiger partial charge on any atom is -0.481 e. The van der Waals surface area contributed by atoms with Gasteiger partial charge in [-0.05, 0) is 40.5 Å². The van der Waals surface area contributed by atoms with Crippen LogP contribution in [-0.2, 0) is 9.53 Å². The van der Waals surface area contributed by atoms with Crippen LogP contribution in [0, 0.1) is 11.3 Å². The van der Waals surface area contributed by atoms with Crippen molar-refractivity contribution in [3.05, 3.63) is 0 Å².